The van der Waals surface area contributed by atoms with Crippen molar-refractivity contribution in [3.8, 4) is 11.5 Å². The summed E-state index contributed by atoms with van der Waals surface area (Å²) >= 11 is 0. The molecule has 1 heterocycles. The van der Waals surface area contributed by atoms with E-state index in [0.29, 0.717) is 0 Å². The van der Waals surface area contributed by atoms with E-state index in [9.17, 15) is 19.8 Å². The van der Waals surface area contributed by atoms with Crippen molar-refractivity contribution in [1.29, 1.82) is 0 Å². The van der Waals surface area contributed by atoms with Crippen LogP contribution in [-0.4, -0.2) is 57.9 Å². The number of aromatic hydroxyl groups is 1. The normalized spacial score (nSPS) is 21.8. The molecule has 0 aliphatic carbocycles. The lowest BCUT2D eigenvalue weighted by atomic mass is 10.1. The number of carboxylic acids is 1. The lowest BCUT2D eigenvalue weighted by Crippen LogP contribution is -2.40. The van der Waals surface area contributed by atoms with Crippen LogP contribution in [0, 0.1) is 0 Å². The number of carbonyl (C=O) groups is 2. The number of likely N-dealkylation sites (tertiary alicyclic amines) is 1. The van der Waals surface area contributed by atoms with E-state index in [0.717, 1.165) is 4.90 Å². The van der Waals surface area contributed by atoms with E-state index < -0.39 is 24.0 Å². The minimum Gasteiger partial charge on any atom is -0.504 e. The number of hydrogen-bond donors (Lipinski definition) is 3. The van der Waals surface area contributed by atoms with Gasteiger partial charge in [0.2, 0.25) is 0 Å². The highest BCUT2D eigenvalue weighted by atomic mass is 16.5. The number of β-amino-alcohol motifs (C(OH)–C–C–N with tert-alkyl or cyclic N) is 1. The monoisotopic (exact) mass is 281 g/mol. The molecule has 0 aromatic heterocycles. The number of benzene rings is 1. The number of aliphatic hydroxyl groups excluding tert-OH is 1. The Morgan fingerprint density at radius 3 is 2.65 bits per heavy atom. The predicted octanol–water partition coefficient (Wildman–Crippen LogP) is 0.0608. The van der Waals surface area contributed by atoms with Crippen LogP contribution in [0.1, 0.15) is 16.8 Å². The van der Waals surface area contributed by atoms with Gasteiger partial charge in [0.15, 0.2) is 11.5 Å². The number of phenols is 1. The number of aliphatic hydroxyl groups is 1. The van der Waals surface area contributed by atoms with Crippen molar-refractivity contribution in [3.63, 3.8) is 0 Å². The molecule has 1 amide bonds. The molecule has 0 bridgehead atoms. The van der Waals surface area contributed by atoms with Crippen LogP contribution in [-0.2, 0) is 4.79 Å². The van der Waals surface area contributed by atoms with Crippen LogP contribution in [0.5, 0.6) is 11.5 Å². The van der Waals surface area contributed by atoms with Gasteiger partial charge in [-0.05, 0) is 18.2 Å². The fraction of sp³-hybridized carbons (Fsp3) is 0.385. The van der Waals surface area contributed by atoms with Gasteiger partial charge < -0.3 is 25.0 Å². The van der Waals surface area contributed by atoms with Gasteiger partial charge in [0.1, 0.15) is 6.04 Å². The molecule has 7 nitrogen and oxygen atoms in total. The smallest absolute Gasteiger partial charge is 0.326 e. The number of carboxylic acid groups (broad SMARTS) is 1. The average Bonchev–Trinajstić information content (AvgIpc) is 2.80. The number of amides is 1. The Morgan fingerprint density at radius 2 is 2.10 bits per heavy atom. The van der Waals surface area contributed by atoms with Gasteiger partial charge >= 0.3 is 5.97 Å². The second-order valence-electron chi connectivity index (χ2n) is 4.59. The van der Waals surface area contributed by atoms with Gasteiger partial charge in [-0.2, -0.15) is 0 Å². The third kappa shape index (κ3) is 2.53. The number of nitrogens with zero attached hydrogens (tertiary/aromatic N) is 1. The van der Waals surface area contributed by atoms with Crippen molar-refractivity contribution in [1.82, 2.24) is 4.90 Å². The van der Waals surface area contributed by atoms with Crippen molar-refractivity contribution in [2.24, 2.45) is 0 Å². The lowest BCUT2D eigenvalue weighted by molar-refractivity contribution is -0.141. The van der Waals surface area contributed by atoms with Gasteiger partial charge in [0, 0.05) is 18.5 Å². The Balaban J connectivity index is 2.26. The molecule has 3 N–H and O–H groups in total. The van der Waals surface area contributed by atoms with E-state index in [4.69, 9.17) is 9.84 Å². The molecule has 0 spiro atoms. The highest BCUT2D eigenvalue weighted by Crippen LogP contribution is 2.28. The van der Waals surface area contributed by atoms with E-state index in [1.54, 1.807) is 0 Å². The molecule has 2 atom stereocenters. The van der Waals surface area contributed by atoms with Crippen molar-refractivity contribution >= 4 is 11.9 Å². The lowest BCUT2D eigenvalue weighted by Gasteiger charge is -2.21. The highest BCUT2D eigenvalue weighted by molar-refractivity contribution is 5.97. The van der Waals surface area contributed by atoms with Gasteiger partial charge in [-0.3, -0.25) is 4.79 Å². The van der Waals surface area contributed by atoms with Crippen LogP contribution in [0.2, 0.25) is 0 Å². The number of methoxy groups -OCH3 is 1. The predicted molar refractivity (Wildman–Crippen MR) is 67.7 cm³/mol. The zero-order valence-corrected chi connectivity index (χ0v) is 10.8. The third-order valence-electron chi connectivity index (χ3n) is 3.25. The molecule has 1 aliphatic rings. The molecule has 1 saturated heterocycles. The van der Waals surface area contributed by atoms with Crippen LogP contribution < -0.4 is 4.74 Å². The third-order valence-corrected chi connectivity index (χ3v) is 3.25. The first kappa shape index (κ1) is 14.1. The second kappa shape index (κ2) is 5.38. The molecule has 1 fully saturated rings. The SMILES string of the molecule is COc1ccc(C(=O)N2C[C@@H](O)C[C@H]2C(=O)O)cc1O. The van der Waals surface area contributed by atoms with Crippen molar-refractivity contribution < 1.29 is 29.6 Å². The Kier molecular flexibility index (Phi) is 3.80. The molecule has 20 heavy (non-hydrogen) atoms. The average molecular weight is 281 g/mol. The van der Waals surface area contributed by atoms with Gasteiger partial charge in [-0.1, -0.05) is 0 Å². The summed E-state index contributed by atoms with van der Waals surface area (Å²) in [6.45, 7) is -0.0391. The zero-order valence-electron chi connectivity index (χ0n) is 10.8. The van der Waals surface area contributed by atoms with Crippen molar-refractivity contribution in [2.75, 3.05) is 13.7 Å². The molecule has 108 valence electrons. The largest absolute Gasteiger partial charge is 0.504 e. The molecular formula is C13H15NO6. The topological polar surface area (TPSA) is 107 Å². The van der Waals surface area contributed by atoms with Crippen molar-refractivity contribution in [2.45, 2.75) is 18.6 Å². The quantitative estimate of drug-likeness (QED) is 0.723. The van der Waals surface area contributed by atoms with Crippen LogP contribution in [0.4, 0.5) is 0 Å². The standard InChI is InChI=1S/C13H15NO6/c1-20-11-3-2-7(4-10(11)16)12(17)14-6-8(15)5-9(14)13(18)19/h2-4,8-9,15-16H,5-6H2,1H3,(H,18,19)/t8-,9-/m0/s1. The van der Waals surface area contributed by atoms with E-state index in [1.807, 2.05) is 0 Å². The van der Waals surface area contributed by atoms with E-state index in [1.165, 1.54) is 25.3 Å². The van der Waals surface area contributed by atoms with Crippen molar-refractivity contribution in [3.05, 3.63) is 23.8 Å². The van der Waals surface area contributed by atoms with E-state index in [-0.39, 0.29) is 30.0 Å². The van der Waals surface area contributed by atoms with Crippen LogP contribution in [0.3, 0.4) is 0 Å². The number of carbonyl (C=O) groups excluding carboxylic acids is 1. The number of phenolic OH excluding ortho intramolecular Hbond substituents is 1. The number of ether oxygens (including phenoxy) is 1. The van der Waals surface area contributed by atoms with E-state index in [2.05, 4.69) is 0 Å². The van der Waals surface area contributed by atoms with Gasteiger partial charge in [0.05, 0.1) is 13.2 Å². The van der Waals surface area contributed by atoms with Gasteiger partial charge in [-0.15, -0.1) is 0 Å². The van der Waals surface area contributed by atoms with Crippen LogP contribution in [0.15, 0.2) is 18.2 Å². The summed E-state index contributed by atoms with van der Waals surface area (Å²) < 4.78 is 4.87. The Hall–Kier alpha value is -2.28. The summed E-state index contributed by atoms with van der Waals surface area (Å²) in [5, 5.41) is 28.2. The number of hydrogen-bond acceptors (Lipinski definition) is 5. The Bertz CT molecular complexity index is 544. The maximum Gasteiger partial charge on any atom is 0.326 e. The fourth-order valence-corrected chi connectivity index (χ4v) is 2.26. The van der Waals surface area contributed by atoms with Gasteiger partial charge in [0.25, 0.3) is 5.91 Å². The summed E-state index contributed by atoms with van der Waals surface area (Å²) in [6.07, 6.45) is -0.852. The summed E-state index contributed by atoms with van der Waals surface area (Å²) in [5.74, 6) is -1.69. The minimum atomic E-state index is -1.16. The molecule has 2 rings (SSSR count). The molecular weight excluding hydrogens is 266 g/mol. The van der Waals surface area contributed by atoms with Gasteiger partial charge in [-0.25, -0.2) is 4.79 Å². The summed E-state index contributed by atoms with van der Waals surface area (Å²) in [7, 11) is 1.38. The minimum absolute atomic E-state index is 0.00318. The maximum atomic E-state index is 12.3. The first-order valence-electron chi connectivity index (χ1n) is 6.03. The number of aliphatic carboxylic acids is 1. The molecule has 0 radical (unpaired) electrons. The fourth-order valence-electron chi connectivity index (χ4n) is 2.26. The maximum absolute atomic E-state index is 12.3. The Morgan fingerprint density at radius 1 is 1.40 bits per heavy atom. The summed E-state index contributed by atoms with van der Waals surface area (Å²) in [5.41, 5.74) is 0.142. The molecule has 7 heteroatoms. The molecule has 1 aromatic rings. The summed E-state index contributed by atoms with van der Waals surface area (Å²) in [4.78, 5) is 24.4. The zero-order chi connectivity index (χ0) is 14.9. The van der Waals surface area contributed by atoms with E-state index >= 15 is 0 Å². The van der Waals surface area contributed by atoms with Crippen LogP contribution in [0.25, 0.3) is 0 Å². The molecule has 0 saturated carbocycles. The first-order chi connectivity index (χ1) is 9.43. The van der Waals surface area contributed by atoms with Crippen LogP contribution >= 0.6 is 0 Å². The second-order valence-corrected chi connectivity index (χ2v) is 4.59. The Labute approximate surface area is 115 Å². The summed E-state index contributed by atoms with van der Waals surface area (Å²) in [6, 6.07) is 3.02. The molecule has 1 aliphatic heterocycles. The first-order valence-corrected chi connectivity index (χ1v) is 6.03. The highest BCUT2D eigenvalue weighted by Gasteiger charge is 2.39. The number of rotatable bonds is 3. The molecule has 0 unspecified atom stereocenters. The molecule has 1 aromatic carbocycles.